The first-order valence-corrected chi connectivity index (χ1v) is 9.52. The molecule has 0 fully saturated rings. The van der Waals surface area contributed by atoms with E-state index < -0.39 is 10.0 Å². The van der Waals surface area contributed by atoms with Gasteiger partial charge in [0.15, 0.2) is 0 Å². The Bertz CT molecular complexity index is 603. The third-order valence-corrected chi connectivity index (χ3v) is 4.74. The van der Waals surface area contributed by atoms with Crippen LogP contribution in [-0.4, -0.2) is 70.1 Å². The molecular weight excluding hydrogens is 338 g/mol. The van der Waals surface area contributed by atoms with Gasteiger partial charge in [-0.15, -0.1) is 0 Å². The van der Waals surface area contributed by atoms with Crippen LogP contribution in [0.5, 0.6) is 0 Å². The zero-order valence-electron chi connectivity index (χ0n) is 13.8. The van der Waals surface area contributed by atoms with Gasteiger partial charge in [-0.25, -0.2) is 8.42 Å². The van der Waals surface area contributed by atoms with Crippen LogP contribution in [0, 0.1) is 0 Å². The van der Waals surface area contributed by atoms with Gasteiger partial charge in [0.2, 0.25) is 15.9 Å². The van der Waals surface area contributed by atoms with Crippen molar-refractivity contribution in [2.75, 3.05) is 46.5 Å². The molecule has 6 nitrogen and oxygen atoms in total. The number of carbonyl (C=O) groups excluding carboxylic acids is 1. The molecule has 1 amide bonds. The molecule has 0 aliphatic heterocycles. The highest BCUT2D eigenvalue weighted by atomic mass is 35.5. The molecule has 0 saturated heterocycles. The van der Waals surface area contributed by atoms with Gasteiger partial charge in [0.1, 0.15) is 0 Å². The largest absolute Gasteiger partial charge is 0.355 e. The molecule has 23 heavy (non-hydrogen) atoms. The van der Waals surface area contributed by atoms with Crippen molar-refractivity contribution >= 4 is 27.5 Å². The molecule has 0 spiro atoms. The van der Waals surface area contributed by atoms with Gasteiger partial charge in [0.25, 0.3) is 0 Å². The maximum absolute atomic E-state index is 11.9. The van der Waals surface area contributed by atoms with E-state index in [2.05, 4.69) is 5.32 Å². The van der Waals surface area contributed by atoms with Gasteiger partial charge in [-0.05, 0) is 38.2 Å². The predicted octanol–water partition coefficient (Wildman–Crippen LogP) is 0.822. The van der Waals surface area contributed by atoms with E-state index in [9.17, 15) is 13.2 Å². The van der Waals surface area contributed by atoms with E-state index in [4.69, 9.17) is 11.6 Å². The second-order valence-electron chi connectivity index (χ2n) is 5.63. The summed E-state index contributed by atoms with van der Waals surface area (Å²) >= 11 is 5.81. The van der Waals surface area contributed by atoms with E-state index in [1.165, 1.54) is 4.31 Å². The Balaban J connectivity index is 2.44. The van der Waals surface area contributed by atoms with Crippen LogP contribution in [0.25, 0.3) is 0 Å². The molecule has 1 aromatic rings. The van der Waals surface area contributed by atoms with Crippen molar-refractivity contribution in [3.05, 3.63) is 34.9 Å². The number of sulfonamides is 1. The molecule has 0 bridgehead atoms. The fourth-order valence-corrected chi connectivity index (χ4v) is 2.78. The van der Waals surface area contributed by atoms with Gasteiger partial charge in [0.05, 0.1) is 12.8 Å². The number of carbonyl (C=O) groups is 1. The van der Waals surface area contributed by atoms with E-state index >= 15 is 0 Å². The normalized spacial score (nSPS) is 11.9. The molecule has 1 rings (SSSR count). The zero-order valence-corrected chi connectivity index (χ0v) is 15.3. The molecule has 1 N–H and O–H groups in total. The van der Waals surface area contributed by atoms with Gasteiger partial charge >= 0.3 is 0 Å². The minimum absolute atomic E-state index is 0.159. The highest BCUT2D eigenvalue weighted by Crippen LogP contribution is 2.09. The summed E-state index contributed by atoms with van der Waals surface area (Å²) in [4.78, 5) is 13.8. The van der Waals surface area contributed by atoms with Gasteiger partial charge < -0.3 is 10.2 Å². The monoisotopic (exact) mass is 361 g/mol. The number of halogens is 1. The van der Waals surface area contributed by atoms with Crippen molar-refractivity contribution < 1.29 is 13.2 Å². The first-order chi connectivity index (χ1) is 10.7. The van der Waals surface area contributed by atoms with Gasteiger partial charge in [-0.3, -0.25) is 4.79 Å². The van der Waals surface area contributed by atoms with Crippen LogP contribution >= 0.6 is 11.6 Å². The Morgan fingerprint density at radius 1 is 1.17 bits per heavy atom. The van der Waals surface area contributed by atoms with Crippen LogP contribution in [0.15, 0.2) is 24.3 Å². The molecule has 0 aliphatic carbocycles. The lowest BCUT2D eigenvalue weighted by Gasteiger charge is -2.21. The SMILES string of the molecule is CN(C)CCN(CC(=O)NCCc1ccc(Cl)cc1)S(C)(=O)=O. The third-order valence-electron chi connectivity index (χ3n) is 3.23. The molecule has 8 heteroatoms. The van der Waals surface area contributed by atoms with Crippen molar-refractivity contribution in [3.8, 4) is 0 Å². The number of likely N-dealkylation sites (N-methyl/N-ethyl adjacent to an activating group) is 1. The Morgan fingerprint density at radius 2 is 1.78 bits per heavy atom. The molecule has 1 aromatic carbocycles. The Hall–Kier alpha value is -1.15. The molecule has 0 saturated carbocycles. The molecule has 0 heterocycles. The summed E-state index contributed by atoms with van der Waals surface area (Å²) in [6.45, 7) is 1.14. The van der Waals surface area contributed by atoms with Crippen LogP contribution in [-0.2, 0) is 21.2 Å². The number of rotatable bonds is 9. The van der Waals surface area contributed by atoms with Crippen LogP contribution in [0.2, 0.25) is 5.02 Å². The zero-order chi connectivity index (χ0) is 17.5. The molecule has 0 radical (unpaired) electrons. The quantitative estimate of drug-likeness (QED) is 0.707. The van der Waals surface area contributed by atoms with Gasteiger partial charge in [-0.1, -0.05) is 23.7 Å². The lowest BCUT2D eigenvalue weighted by Crippen LogP contribution is -2.43. The molecular formula is C15H24ClN3O3S. The lowest BCUT2D eigenvalue weighted by atomic mass is 10.1. The van der Waals surface area contributed by atoms with E-state index in [0.717, 1.165) is 11.8 Å². The number of hydrogen-bond donors (Lipinski definition) is 1. The summed E-state index contributed by atoms with van der Waals surface area (Å²) in [5.74, 6) is -0.303. The number of nitrogens with zero attached hydrogens (tertiary/aromatic N) is 2. The summed E-state index contributed by atoms with van der Waals surface area (Å²) in [5.41, 5.74) is 1.06. The number of hydrogen-bond acceptors (Lipinski definition) is 4. The second kappa shape index (κ2) is 9.22. The van der Waals surface area contributed by atoms with E-state index in [-0.39, 0.29) is 19.0 Å². The Kier molecular flexibility index (Phi) is 7.98. The summed E-state index contributed by atoms with van der Waals surface area (Å²) in [6.07, 6.45) is 1.78. The Morgan fingerprint density at radius 3 is 2.30 bits per heavy atom. The molecule has 0 aliphatic rings. The first-order valence-electron chi connectivity index (χ1n) is 7.29. The van der Waals surface area contributed by atoms with Crippen molar-refractivity contribution in [3.63, 3.8) is 0 Å². The average Bonchev–Trinajstić information content (AvgIpc) is 2.44. The number of amides is 1. The highest BCUT2D eigenvalue weighted by Gasteiger charge is 2.19. The van der Waals surface area contributed by atoms with E-state index in [0.29, 0.717) is 24.5 Å². The minimum atomic E-state index is -3.41. The summed E-state index contributed by atoms with van der Waals surface area (Å²) in [6, 6.07) is 7.39. The summed E-state index contributed by atoms with van der Waals surface area (Å²) in [5, 5.41) is 3.41. The maximum atomic E-state index is 11.9. The molecule has 0 unspecified atom stereocenters. The van der Waals surface area contributed by atoms with E-state index in [1.54, 1.807) is 12.1 Å². The summed E-state index contributed by atoms with van der Waals surface area (Å²) in [7, 11) is 0.301. The van der Waals surface area contributed by atoms with Crippen molar-refractivity contribution in [1.82, 2.24) is 14.5 Å². The Labute approximate surface area is 143 Å². The minimum Gasteiger partial charge on any atom is -0.355 e. The topological polar surface area (TPSA) is 69.7 Å². The number of nitrogens with one attached hydrogen (secondary N) is 1. The third kappa shape index (κ3) is 8.31. The van der Waals surface area contributed by atoms with Gasteiger partial charge in [-0.2, -0.15) is 4.31 Å². The number of benzene rings is 1. The standard InChI is InChI=1S/C15H24ClN3O3S/c1-18(2)10-11-19(23(3,21)22)12-15(20)17-9-8-13-4-6-14(16)7-5-13/h4-7H,8-12H2,1-3H3,(H,17,20). The van der Waals surface area contributed by atoms with Crippen LogP contribution in [0.1, 0.15) is 5.56 Å². The van der Waals surface area contributed by atoms with Crippen LogP contribution in [0.4, 0.5) is 0 Å². The van der Waals surface area contributed by atoms with Gasteiger partial charge in [0, 0.05) is 24.7 Å². The van der Waals surface area contributed by atoms with Crippen LogP contribution in [0.3, 0.4) is 0 Å². The molecule has 0 aromatic heterocycles. The molecule has 130 valence electrons. The maximum Gasteiger partial charge on any atom is 0.235 e. The predicted molar refractivity (Wildman–Crippen MR) is 93.1 cm³/mol. The second-order valence-corrected chi connectivity index (χ2v) is 8.05. The highest BCUT2D eigenvalue weighted by molar-refractivity contribution is 7.88. The van der Waals surface area contributed by atoms with Crippen LogP contribution < -0.4 is 5.32 Å². The summed E-state index contributed by atoms with van der Waals surface area (Å²) < 4.78 is 24.6. The fourth-order valence-electron chi connectivity index (χ4n) is 1.89. The van der Waals surface area contributed by atoms with E-state index in [1.807, 2.05) is 31.1 Å². The lowest BCUT2D eigenvalue weighted by molar-refractivity contribution is -0.121. The smallest absolute Gasteiger partial charge is 0.235 e. The molecule has 0 atom stereocenters. The van der Waals surface area contributed by atoms with Crippen molar-refractivity contribution in [1.29, 1.82) is 0 Å². The van der Waals surface area contributed by atoms with Crippen molar-refractivity contribution in [2.45, 2.75) is 6.42 Å². The first kappa shape index (κ1) is 19.9. The van der Waals surface area contributed by atoms with Crippen molar-refractivity contribution in [2.24, 2.45) is 0 Å². The average molecular weight is 362 g/mol. The fraction of sp³-hybridized carbons (Fsp3) is 0.533.